The fourth-order valence-electron chi connectivity index (χ4n) is 6.34. The van der Waals surface area contributed by atoms with Crippen molar-refractivity contribution in [2.45, 2.75) is 57.8 Å². The van der Waals surface area contributed by atoms with Gasteiger partial charge in [-0.05, 0) is 84.3 Å². The predicted octanol–water partition coefficient (Wildman–Crippen LogP) is 11.3. The number of benzene rings is 5. The van der Waals surface area contributed by atoms with Crippen LogP contribution >= 0.6 is 31.9 Å². The van der Waals surface area contributed by atoms with Crippen molar-refractivity contribution in [2.24, 2.45) is 0 Å². The second kappa shape index (κ2) is 9.18. The molecule has 1 aliphatic rings. The lowest BCUT2D eigenvalue weighted by Gasteiger charge is -2.35. The molecule has 196 valence electrons. The minimum Gasteiger partial charge on any atom is -0.0616 e. The topological polar surface area (TPSA) is 0 Å². The molecule has 0 aliphatic heterocycles. The van der Waals surface area contributed by atoms with Crippen LogP contribution in [0.15, 0.2) is 106 Å². The maximum Gasteiger partial charge on any atom is 0.0714 e. The number of hydrogen-bond acceptors (Lipinski definition) is 0. The summed E-state index contributed by atoms with van der Waals surface area (Å²) in [6.07, 6.45) is 0. The van der Waals surface area contributed by atoms with Crippen molar-refractivity contribution in [3.63, 3.8) is 0 Å². The molecule has 39 heavy (non-hydrogen) atoms. The molecule has 5 aromatic rings. The van der Waals surface area contributed by atoms with Gasteiger partial charge in [0.2, 0.25) is 0 Å². The molecule has 0 N–H and O–H groups in total. The monoisotopic (exact) mass is 636 g/mol. The van der Waals surface area contributed by atoms with Crippen molar-refractivity contribution in [1.82, 2.24) is 0 Å². The van der Waals surface area contributed by atoms with E-state index in [1.54, 1.807) is 0 Å². The van der Waals surface area contributed by atoms with Crippen LogP contribution < -0.4 is 0 Å². The van der Waals surface area contributed by atoms with Crippen LogP contribution in [0.5, 0.6) is 0 Å². The van der Waals surface area contributed by atoms with Crippen molar-refractivity contribution in [2.75, 3.05) is 0 Å². The first-order valence-corrected chi connectivity index (χ1v) is 15.2. The van der Waals surface area contributed by atoms with Crippen molar-refractivity contribution < 1.29 is 0 Å². The van der Waals surface area contributed by atoms with Crippen LogP contribution in [0.2, 0.25) is 0 Å². The quantitative estimate of drug-likeness (QED) is 0.177. The van der Waals surface area contributed by atoms with Crippen LogP contribution in [0.4, 0.5) is 0 Å². The van der Waals surface area contributed by atoms with E-state index in [1.807, 2.05) is 0 Å². The van der Waals surface area contributed by atoms with E-state index in [4.69, 9.17) is 0 Å². The standard InChI is InChI=1S/C37H34Br2/c1-35(2,3)23-11-15-25(16-12-23)37(26-17-13-24(14-18-26)36(4,5)6)31-21-27(38)19-20-30(31)34-29-10-8-7-9-28(29)33(39)22-32(34)37/h7-22H,1-6H3. The molecule has 6 rings (SSSR count). The molecule has 0 amide bonds. The van der Waals surface area contributed by atoms with Crippen molar-refractivity contribution >= 4 is 42.6 Å². The molecule has 0 fully saturated rings. The van der Waals surface area contributed by atoms with Gasteiger partial charge in [0.05, 0.1) is 5.41 Å². The summed E-state index contributed by atoms with van der Waals surface area (Å²) in [4.78, 5) is 0. The smallest absolute Gasteiger partial charge is 0.0616 e. The third kappa shape index (κ3) is 4.14. The summed E-state index contributed by atoms with van der Waals surface area (Å²) < 4.78 is 2.23. The van der Waals surface area contributed by atoms with Gasteiger partial charge in [-0.15, -0.1) is 0 Å². The molecule has 0 nitrogen and oxygen atoms in total. The fraction of sp³-hybridized carbons (Fsp3) is 0.243. The van der Waals surface area contributed by atoms with Gasteiger partial charge in [0.15, 0.2) is 0 Å². The first kappa shape index (κ1) is 26.5. The van der Waals surface area contributed by atoms with Crippen LogP contribution in [-0.2, 0) is 16.2 Å². The Kier molecular flexibility index (Phi) is 6.25. The molecule has 0 heterocycles. The van der Waals surface area contributed by atoms with Crippen LogP contribution in [0.1, 0.15) is 74.9 Å². The van der Waals surface area contributed by atoms with Gasteiger partial charge in [-0.3, -0.25) is 0 Å². The molecular weight excluding hydrogens is 604 g/mol. The first-order chi connectivity index (χ1) is 18.4. The highest BCUT2D eigenvalue weighted by Crippen LogP contribution is 2.59. The predicted molar refractivity (Wildman–Crippen MR) is 174 cm³/mol. The van der Waals surface area contributed by atoms with E-state index in [-0.39, 0.29) is 10.8 Å². The lowest BCUT2D eigenvalue weighted by atomic mass is 9.66. The number of rotatable bonds is 2. The molecule has 0 saturated carbocycles. The second-order valence-corrected chi connectivity index (χ2v) is 14.7. The maximum absolute atomic E-state index is 3.97. The Labute approximate surface area is 249 Å². The van der Waals surface area contributed by atoms with E-state index in [0.717, 1.165) is 8.95 Å². The fourth-order valence-corrected chi connectivity index (χ4v) is 7.27. The van der Waals surface area contributed by atoms with Crippen LogP contribution in [0, 0.1) is 0 Å². The Balaban J connectivity index is 1.77. The Morgan fingerprint density at radius 3 is 1.56 bits per heavy atom. The molecule has 5 aromatic carbocycles. The molecule has 2 heteroatoms. The van der Waals surface area contributed by atoms with Gasteiger partial charge in [0.1, 0.15) is 0 Å². The lowest BCUT2D eigenvalue weighted by molar-refractivity contribution is 0.588. The van der Waals surface area contributed by atoms with Crippen LogP contribution in [0.25, 0.3) is 21.9 Å². The normalized spacial score (nSPS) is 14.4. The van der Waals surface area contributed by atoms with Crippen molar-refractivity contribution in [1.29, 1.82) is 0 Å². The minimum atomic E-state index is -0.451. The van der Waals surface area contributed by atoms with E-state index in [2.05, 4.69) is 170 Å². The van der Waals surface area contributed by atoms with Gasteiger partial charge in [-0.2, -0.15) is 0 Å². The Morgan fingerprint density at radius 2 is 1.05 bits per heavy atom. The van der Waals surface area contributed by atoms with Gasteiger partial charge in [0, 0.05) is 8.95 Å². The first-order valence-electron chi connectivity index (χ1n) is 13.7. The molecule has 0 spiro atoms. The highest BCUT2D eigenvalue weighted by molar-refractivity contribution is 9.11. The average molecular weight is 638 g/mol. The highest BCUT2D eigenvalue weighted by Gasteiger charge is 2.47. The summed E-state index contributed by atoms with van der Waals surface area (Å²) in [5.74, 6) is 0. The molecule has 0 aromatic heterocycles. The second-order valence-electron chi connectivity index (χ2n) is 12.9. The summed E-state index contributed by atoms with van der Waals surface area (Å²) >= 11 is 7.81. The molecule has 1 aliphatic carbocycles. The lowest BCUT2D eigenvalue weighted by Crippen LogP contribution is -2.29. The molecule has 0 saturated heterocycles. The molecule has 0 radical (unpaired) electrons. The summed E-state index contributed by atoms with van der Waals surface area (Å²) in [5, 5.41) is 2.53. The van der Waals surface area contributed by atoms with E-state index in [1.165, 1.54) is 55.3 Å². The number of hydrogen-bond donors (Lipinski definition) is 0. The van der Waals surface area contributed by atoms with E-state index >= 15 is 0 Å². The van der Waals surface area contributed by atoms with Crippen molar-refractivity contribution in [3.8, 4) is 11.1 Å². The highest BCUT2D eigenvalue weighted by atomic mass is 79.9. The summed E-state index contributed by atoms with van der Waals surface area (Å²) in [6, 6.07) is 36.7. The summed E-state index contributed by atoms with van der Waals surface area (Å²) in [6.45, 7) is 13.7. The molecule has 0 atom stereocenters. The number of fused-ring (bicyclic) bond motifs is 5. The van der Waals surface area contributed by atoms with Gasteiger partial charge < -0.3 is 0 Å². The van der Waals surface area contributed by atoms with E-state index < -0.39 is 5.41 Å². The largest absolute Gasteiger partial charge is 0.0714 e. The van der Waals surface area contributed by atoms with Crippen molar-refractivity contribution in [3.05, 3.63) is 139 Å². The molecular formula is C37H34Br2. The average Bonchev–Trinajstić information content (AvgIpc) is 3.18. The van der Waals surface area contributed by atoms with Gasteiger partial charge in [-0.1, -0.05) is 152 Å². The molecule has 0 bridgehead atoms. The zero-order valence-electron chi connectivity index (χ0n) is 23.5. The SMILES string of the molecule is CC(C)(C)c1ccc(C2(c3ccc(C(C)(C)C)cc3)c3cc(Br)ccc3-c3c2cc(Br)c2ccccc32)cc1. The minimum absolute atomic E-state index is 0.0911. The van der Waals surface area contributed by atoms with Gasteiger partial charge in [0.25, 0.3) is 0 Å². The van der Waals surface area contributed by atoms with Crippen LogP contribution in [-0.4, -0.2) is 0 Å². The molecule has 0 unspecified atom stereocenters. The Morgan fingerprint density at radius 1 is 0.538 bits per heavy atom. The van der Waals surface area contributed by atoms with Crippen LogP contribution in [0.3, 0.4) is 0 Å². The van der Waals surface area contributed by atoms with E-state index in [9.17, 15) is 0 Å². The third-order valence-corrected chi connectivity index (χ3v) is 9.57. The Hall–Kier alpha value is -2.68. The van der Waals surface area contributed by atoms with E-state index in [0.29, 0.717) is 0 Å². The zero-order chi connectivity index (χ0) is 27.7. The van der Waals surface area contributed by atoms with Gasteiger partial charge >= 0.3 is 0 Å². The zero-order valence-corrected chi connectivity index (χ0v) is 26.7. The maximum atomic E-state index is 3.97. The Bertz CT molecular complexity index is 1650. The van der Waals surface area contributed by atoms with Gasteiger partial charge in [-0.25, -0.2) is 0 Å². The summed E-state index contributed by atoms with van der Waals surface area (Å²) in [7, 11) is 0. The summed E-state index contributed by atoms with van der Waals surface area (Å²) in [5.41, 5.74) is 10.3. The number of halogens is 2. The third-order valence-electron chi connectivity index (χ3n) is 8.42.